The molecule has 0 aliphatic heterocycles. The molecule has 0 aromatic carbocycles. The molecule has 31 heavy (non-hydrogen) atoms. The molecule has 0 aliphatic carbocycles. The fraction of sp³-hybridized carbons (Fsp3) is 0.192. The quantitative estimate of drug-likeness (QED) is 0.103. The standard InChI is InChI=1S/C26H35N3O2/c1-6-10-17-29-18-19-31-25(9-4)21-26(30-5)14-11-13-23(27)20-24(28)16-15-22(8-3)12-7-2/h6-11,13-17,20-21,27,29H,1-2,4,12,18-19,28H2,3,5H3/b13-11+,16-15+,17-10-,22-8+,24-20-,25-21+,26-14-,27-23?. The summed E-state index contributed by atoms with van der Waals surface area (Å²) in [5, 5.41) is 11.1. The first-order chi connectivity index (χ1) is 15.0. The van der Waals surface area contributed by atoms with Crippen LogP contribution in [0.25, 0.3) is 0 Å². The van der Waals surface area contributed by atoms with E-state index in [9.17, 15) is 0 Å². The van der Waals surface area contributed by atoms with Crippen LogP contribution in [0.3, 0.4) is 0 Å². The number of nitrogens with one attached hydrogen (secondary N) is 2. The van der Waals surface area contributed by atoms with E-state index in [0.29, 0.717) is 30.4 Å². The van der Waals surface area contributed by atoms with Gasteiger partial charge >= 0.3 is 0 Å². The van der Waals surface area contributed by atoms with E-state index in [1.165, 1.54) is 0 Å². The van der Waals surface area contributed by atoms with Crippen molar-refractivity contribution in [2.24, 2.45) is 5.73 Å². The van der Waals surface area contributed by atoms with Crippen LogP contribution in [0.2, 0.25) is 0 Å². The minimum Gasteiger partial charge on any atom is -0.497 e. The van der Waals surface area contributed by atoms with E-state index in [4.69, 9.17) is 20.6 Å². The summed E-state index contributed by atoms with van der Waals surface area (Å²) in [6.45, 7) is 14.1. The molecule has 4 N–H and O–H groups in total. The molecule has 0 bridgehead atoms. The first kappa shape index (κ1) is 27.3. The van der Waals surface area contributed by atoms with Crippen molar-refractivity contribution in [3.05, 3.63) is 122 Å². The van der Waals surface area contributed by atoms with Crippen LogP contribution in [0, 0.1) is 5.41 Å². The minimum absolute atomic E-state index is 0.266. The molecule has 0 amide bonds. The van der Waals surface area contributed by atoms with Crippen LogP contribution < -0.4 is 11.1 Å². The topological polar surface area (TPSA) is 80.4 Å². The zero-order valence-corrected chi connectivity index (χ0v) is 18.6. The Morgan fingerprint density at radius 1 is 1.06 bits per heavy atom. The first-order valence-corrected chi connectivity index (χ1v) is 9.90. The highest BCUT2D eigenvalue weighted by Crippen LogP contribution is 2.07. The summed E-state index contributed by atoms with van der Waals surface area (Å²) < 4.78 is 11.0. The van der Waals surface area contributed by atoms with Gasteiger partial charge in [0.2, 0.25) is 0 Å². The largest absolute Gasteiger partial charge is 0.497 e. The predicted octanol–water partition coefficient (Wildman–Crippen LogP) is 5.39. The van der Waals surface area contributed by atoms with Crippen molar-refractivity contribution >= 4 is 5.71 Å². The average Bonchev–Trinajstić information content (AvgIpc) is 2.76. The van der Waals surface area contributed by atoms with E-state index >= 15 is 0 Å². The lowest BCUT2D eigenvalue weighted by Crippen LogP contribution is -2.13. The van der Waals surface area contributed by atoms with Gasteiger partial charge in [0.1, 0.15) is 18.1 Å². The summed E-state index contributed by atoms with van der Waals surface area (Å²) in [7, 11) is 1.56. The molecule has 5 heteroatoms. The molecule has 0 saturated heterocycles. The summed E-state index contributed by atoms with van der Waals surface area (Å²) in [5.41, 5.74) is 7.82. The Morgan fingerprint density at radius 3 is 2.45 bits per heavy atom. The molecular formula is C26H35N3O2. The number of rotatable bonds is 16. The van der Waals surface area contributed by atoms with E-state index in [0.717, 1.165) is 12.0 Å². The summed E-state index contributed by atoms with van der Waals surface area (Å²) >= 11 is 0. The second kappa shape index (κ2) is 18.3. The molecule has 0 heterocycles. The molecule has 0 rings (SSSR count). The number of hydrogen-bond donors (Lipinski definition) is 3. The van der Waals surface area contributed by atoms with Crippen molar-refractivity contribution in [1.29, 1.82) is 5.41 Å². The lowest BCUT2D eigenvalue weighted by molar-refractivity contribution is 0.224. The Hall–Kier alpha value is -3.73. The van der Waals surface area contributed by atoms with Gasteiger partial charge in [-0.25, -0.2) is 0 Å². The number of hydrogen-bond acceptors (Lipinski definition) is 5. The molecule has 0 radical (unpaired) electrons. The van der Waals surface area contributed by atoms with Crippen molar-refractivity contribution in [3.8, 4) is 0 Å². The lowest BCUT2D eigenvalue weighted by Gasteiger charge is -2.08. The second-order valence-electron chi connectivity index (χ2n) is 6.07. The zero-order valence-electron chi connectivity index (χ0n) is 18.6. The van der Waals surface area contributed by atoms with Gasteiger partial charge in [0.25, 0.3) is 0 Å². The van der Waals surface area contributed by atoms with Crippen molar-refractivity contribution in [1.82, 2.24) is 5.32 Å². The van der Waals surface area contributed by atoms with Crippen LogP contribution >= 0.6 is 0 Å². The number of methoxy groups -OCH3 is 1. The molecular weight excluding hydrogens is 386 g/mol. The average molecular weight is 422 g/mol. The third kappa shape index (κ3) is 14.9. The van der Waals surface area contributed by atoms with Crippen molar-refractivity contribution in [2.75, 3.05) is 20.3 Å². The Balaban J connectivity index is 4.91. The molecule has 0 fully saturated rings. The van der Waals surface area contributed by atoms with E-state index in [1.54, 1.807) is 68.0 Å². The Morgan fingerprint density at radius 2 is 1.84 bits per heavy atom. The normalized spacial score (nSPS) is 13.6. The SMILES string of the molecule is C=C/C=C\NCCO/C(C=C)=C/C(=C/C=C/C(=N)/C=C(N)/C=C/C(=C/C)CC=C)OC. The van der Waals surface area contributed by atoms with Gasteiger partial charge in [-0.15, -0.1) is 6.58 Å². The van der Waals surface area contributed by atoms with Gasteiger partial charge in [-0.2, -0.15) is 0 Å². The van der Waals surface area contributed by atoms with Crippen LogP contribution in [0.4, 0.5) is 0 Å². The zero-order chi connectivity index (χ0) is 23.3. The van der Waals surface area contributed by atoms with Gasteiger partial charge in [-0.05, 0) is 61.6 Å². The summed E-state index contributed by atoms with van der Waals surface area (Å²) in [6, 6.07) is 0. The van der Waals surface area contributed by atoms with E-state index < -0.39 is 0 Å². The van der Waals surface area contributed by atoms with Gasteiger partial charge < -0.3 is 25.9 Å². The number of allylic oxidation sites excluding steroid dienone is 13. The molecule has 0 saturated carbocycles. The van der Waals surface area contributed by atoms with Crippen molar-refractivity contribution in [2.45, 2.75) is 13.3 Å². The fourth-order valence-electron chi connectivity index (χ4n) is 2.10. The highest BCUT2D eigenvalue weighted by Gasteiger charge is 1.97. The summed E-state index contributed by atoms with van der Waals surface area (Å²) in [6.07, 6.45) is 23.6. The van der Waals surface area contributed by atoms with Crippen molar-refractivity contribution in [3.63, 3.8) is 0 Å². The maximum Gasteiger partial charge on any atom is 0.122 e. The summed E-state index contributed by atoms with van der Waals surface area (Å²) in [4.78, 5) is 0. The smallest absolute Gasteiger partial charge is 0.122 e. The Kier molecular flexibility index (Phi) is 16.1. The van der Waals surface area contributed by atoms with Gasteiger partial charge in [-0.1, -0.05) is 43.5 Å². The lowest BCUT2D eigenvalue weighted by atomic mass is 10.1. The molecule has 0 atom stereocenters. The van der Waals surface area contributed by atoms with Crippen LogP contribution in [0.1, 0.15) is 13.3 Å². The van der Waals surface area contributed by atoms with Gasteiger partial charge in [-0.3, -0.25) is 0 Å². The highest BCUT2D eigenvalue weighted by molar-refractivity contribution is 6.02. The van der Waals surface area contributed by atoms with Crippen molar-refractivity contribution < 1.29 is 9.47 Å². The molecule has 166 valence electrons. The van der Waals surface area contributed by atoms with Crippen LogP contribution in [0.5, 0.6) is 0 Å². The molecule has 0 aromatic heterocycles. The highest BCUT2D eigenvalue weighted by atomic mass is 16.5. The first-order valence-electron chi connectivity index (χ1n) is 9.90. The van der Waals surface area contributed by atoms with Crippen LogP contribution in [0.15, 0.2) is 122 Å². The maximum absolute atomic E-state index is 8.02. The van der Waals surface area contributed by atoms with Gasteiger partial charge in [0.05, 0.1) is 12.8 Å². The van der Waals surface area contributed by atoms with E-state index in [2.05, 4.69) is 25.1 Å². The molecule has 0 spiro atoms. The molecule has 5 nitrogen and oxygen atoms in total. The fourth-order valence-corrected chi connectivity index (χ4v) is 2.10. The minimum atomic E-state index is 0.266. The third-order valence-corrected chi connectivity index (χ3v) is 3.69. The second-order valence-corrected chi connectivity index (χ2v) is 6.07. The molecule has 0 aromatic rings. The van der Waals surface area contributed by atoms with Crippen LogP contribution in [-0.4, -0.2) is 26.0 Å². The number of ether oxygens (including phenoxy) is 2. The third-order valence-electron chi connectivity index (χ3n) is 3.69. The summed E-state index contributed by atoms with van der Waals surface area (Å²) in [5.74, 6) is 1.15. The predicted molar refractivity (Wildman–Crippen MR) is 134 cm³/mol. The van der Waals surface area contributed by atoms with E-state index in [-0.39, 0.29) is 5.71 Å². The molecule has 0 aliphatic rings. The Bertz CT molecular complexity index is 807. The van der Waals surface area contributed by atoms with Gasteiger partial charge in [0.15, 0.2) is 0 Å². The number of nitrogens with two attached hydrogens (primary N) is 1. The molecule has 0 unspecified atom stereocenters. The maximum atomic E-state index is 8.02. The van der Waals surface area contributed by atoms with Crippen LogP contribution in [-0.2, 0) is 9.47 Å². The van der Waals surface area contributed by atoms with Gasteiger partial charge in [0, 0.05) is 18.3 Å². The monoisotopic (exact) mass is 421 g/mol. The Labute approximate surface area is 187 Å². The van der Waals surface area contributed by atoms with E-state index in [1.807, 2.05) is 25.2 Å².